The Kier molecular flexibility index (Phi) is 5.09. The van der Waals surface area contributed by atoms with E-state index >= 15 is 0 Å². The molecule has 1 fully saturated rings. The van der Waals surface area contributed by atoms with Crippen LogP contribution in [0.15, 0.2) is 36.7 Å². The Morgan fingerprint density at radius 2 is 1.88 bits per heavy atom. The van der Waals surface area contributed by atoms with Crippen molar-refractivity contribution in [2.75, 3.05) is 36.9 Å². The second-order valence-electron chi connectivity index (χ2n) is 8.41. The van der Waals surface area contributed by atoms with Crippen LogP contribution in [0.4, 0.5) is 11.4 Å². The number of rotatable bonds is 6. The van der Waals surface area contributed by atoms with E-state index in [4.69, 9.17) is 5.73 Å². The number of nitrogen functional groups attached to an aromatic ring is 1. The van der Waals surface area contributed by atoms with Crippen LogP contribution in [0.3, 0.4) is 0 Å². The van der Waals surface area contributed by atoms with Gasteiger partial charge in [0.05, 0.1) is 6.67 Å². The molecule has 0 radical (unpaired) electrons. The molecule has 0 amide bonds. The Morgan fingerprint density at radius 1 is 1.12 bits per heavy atom. The first kappa shape index (κ1) is 17.2. The third-order valence-corrected chi connectivity index (χ3v) is 6.93. The maximum Gasteiger partial charge on any atom is 0.0897 e. The highest BCUT2D eigenvalue weighted by Gasteiger charge is 2.28. The normalized spacial score (nSPS) is 21.1. The number of hydrogen-bond donors (Lipinski definition) is 1. The summed E-state index contributed by atoms with van der Waals surface area (Å²) in [4.78, 5) is 7.48. The first-order valence-electron chi connectivity index (χ1n) is 9.19. The zero-order valence-corrected chi connectivity index (χ0v) is 16.4. The van der Waals surface area contributed by atoms with Crippen LogP contribution in [0.2, 0.25) is 25.7 Å². The molecule has 0 saturated carbocycles. The van der Waals surface area contributed by atoms with E-state index in [1.54, 1.807) is 0 Å². The molecule has 1 unspecified atom stereocenters. The van der Waals surface area contributed by atoms with Crippen molar-refractivity contribution in [2.45, 2.75) is 44.6 Å². The highest BCUT2D eigenvalue weighted by atomic mass is 28.3. The van der Waals surface area contributed by atoms with E-state index in [-0.39, 0.29) is 0 Å². The van der Waals surface area contributed by atoms with Gasteiger partial charge in [-0.15, -0.1) is 0 Å². The Labute approximate surface area is 147 Å². The average Bonchev–Trinajstić information content (AvgIpc) is 3.15. The monoisotopic (exact) mass is 344 g/mol. The summed E-state index contributed by atoms with van der Waals surface area (Å²) in [7, 11) is -0.902. The molecule has 2 N–H and O–H groups in total. The van der Waals surface area contributed by atoms with Crippen LogP contribution in [-0.4, -0.2) is 50.2 Å². The van der Waals surface area contributed by atoms with Crippen molar-refractivity contribution < 1.29 is 0 Å². The SMILES string of the molecule is C[Si](C)(C)CCCN1C=CN(C2CCN(c3ccc(N)cc3)C2)C1. The molecule has 2 heterocycles. The van der Waals surface area contributed by atoms with Gasteiger partial charge in [0.2, 0.25) is 0 Å². The predicted octanol–water partition coefficient (Wildman–Crippen LogP) is 3.62. The van der Waals surface area contributed by atoms with E-state index in [2.05, 4.69) is 58.9 Å². The van der Waals surface area contributed by atoms with Gasteiger partial charge < -0.3 is 20.4 Å². The molecule has 1 atom stereocenters. The summed E-state index contributed by atoms with van der Waals surface area (Å²) in [6.45, 7) is 11.9. The van der Waals surface area contributed by atoms with Gasteiger partial charge in [0.15, 0.2) is 0 Å². The fraction of sp³-hybridized carbons (Fsp3) is 0.579. The largest absolute Gasteiger partial charge is 0.399 e. The van der Waals surface area contributed by atoms with Crippen molar-refractivity contribution in [3.8, 4) is 0 Å². The Balaban J connectivity index is 1.45. The van der Waals surface area contributed by atoms with Gasteiger partial charge in [-0.1, -0.05) is 25.7 Å². The lowest BCUT2D eigenvalue weighted by Gasteiger charge is -2.28. The van der Waals surface area contributed by atoms with Gasteiger partial charge >= 0.3 is 0 Å². The van der Waals surface area contributed by atoms with Gasteiger partial charge in [-0.2, -0.15) is 0 Å². The molecular formula is C19H32N4Si. The third kappa shape index (κ3) is 4.47. The minimum atomic E-state index is -0.902. The van der Waals surface area contributed by atoms with Crippen LogP contribution >= 0.6 is 0 Å². The topological polar surface area (TPSA) is 35.7 Å². The molecule has 0 aromatic heterocycles. The Bertz CT molecular complexity index is 564. The van der Waals surface area contributed by atoms with Crippen molar-refractivity contribution in [2.24, 2.45) is 0 Å². The van der Waals surface area contributed by atoms with Crippen molar-refractivity contribution in [1.82, 2.24) is 9.80 Å². The van der Waals surface area contributed by atoms with Crippen LogP contribution in [0.1, 0.15) is 12.8 Å². The number of nitrogens with two attached hydrogens (primary N) is 1. The summed E-state index contributed by atoms with van der Waals surface area (Å²) in [6.07, 6.45) is 7.15. The van der Waals surface area contributed by atoms with Crippen molar-refractivity contribution >= 4 is 19.4 Å². The zero-order valence-electron chi connectivity index (χ0n) is 15.4. The summed E-state index contributed by atoms with van der Waals surface area (Å²) in [5, 5.41) is 0. The summed E-state index contributed by atoms with van der Waals surface area (Å²) < 4.78 is 0. The maximum absolute atomic E-state index is 5.80. The molecule has 0 aliphatic carbocycles. The third-order valence-electron chi connectivity index (χ3n) is 5.08. The number of nitrogens with zero attached hydrogens (tertiary/aromatic N) is 3. The summed E-state index contributed by atoms with van der Waals surface area (Å²) in [5.74, 6) is 0. The van der Waals surface area contributed by atoms with E-state index < -0.39 is 8.07 Å². The maximum atomic E-state index is 5.80. The average molecular weight is 345 g/mol. The lowest BCUT2D eigenvalue weighted by atomic mass is 10.2. The Hall–Kier alpha value is -1.62. The molecular weight excluding hydrogens is 312 g/mol. The molecule has 24 heavy (non-hydrogen) atoms. The number of hydrogen-bond acceptors (Lipinski definition) is 4. The first-order valence-corrected chi connectivity index (χ1v) is 12.9. The van der Waals surface area contributed by atoms with Crippen LogP contribution < -0.4 is 10.6 Å². The van der Waals surface area contributed by atoms with Gasteiger partial charge in [0.25, 0.3) is 0 Å². The number of anilines is 2. The highest BCUT2D eigenvalue weighted by Crippen LogP contribution is 2.26. The number of benzene rings is 1. The van der Waals surface area contributed by atoms with E-state index in [1.807, 2.05) is 12.1 Å². The van der Waals surface area contributed by atoms with E-state index in [9.17, 15) is 0 Å². The van der Waals surface area contributed by atoms with Gasteiger partial charge in [-0.25, -0.2) is 0 Å². The summed E-state index contributed by atoms with van der Waals surface area (Å²) >= 11 is 0. The van der Waals surface area contributed by atoms with Crippen LogP contribution in [0, 0.1) is 0 Å². The summed E-state index contributed by atoms with van der Waals surface area (Å²) in [5.41, 5.74) is 7.93. The van der Waals surface area contributed by atoms with E-state index in [0.717, 1.165) is 25.4 Å². The Morgan fingerprint density at radius 3 is 2.58 bits per heavy atom. The molecule has 0 spiro atoms. The van der Waals surface area contributed by atoms with Crippen molar-refractivity contribution in [1.29, 1.82) is 0 Å². The summed E-state index contributed by atoms with van der Waals surface area (Å²) in [6, 6.07) is 10.3. The lowest BCUT2D eigenvalue weighted by Crippen LogP contribution is -2.36. The quantitative estimate of drug-likeness (QED) is 0.631. The van der Waals surface area contributed by atoms with Crippen molar-refractivity contribution in [3.05, 3.63) is 36.7 Å². The molecule has 2 aliphatic heterocycles. The standard InChI is InChI=1S/C19H32N4Si/c1-24(2,3)14-4-10-21-12-13-23(16-21)19-9-11-22(15-19)18-7-5-17(20)6-8-18/h5-8,12-13,19H,4,9-11,14-16,20H2,1-3H3. The molecule has 132 valence electrons. The molecule has 1 aromatic rings. The van der Waals surface area contributed by atoms with E-state index in [1.165, 1.54) is 31.1 Å². The minimum Gasteiger partial charge on any atom is -0.399 e. The van der Waals surface area contributed by atoms with Crippen molar-refractivity contribution in [3.63, 3.8) is 0 Å². The second kappa shape index (κ2) is 7.09. The van der Waals surface area contributed by atoms with Crippen LogP contribution in [-0.2, 0) is 0 Å². The zero-order chi connectivity index (χ0) is 17.2. The minimum absolute atomic E-state index is 0.626. The van der Waals surface area contributed by atoms with Gasteiger partial charge in [-0.3, -0.25) is 0 Å². The first-order chi connectivity index (χ1) is 11.4. The molecule has 5 heteroatoms. The fourth-order valence-electron chi connectivity index (χ4n) is 3.61. The van der Waals surface area contributed by atoms with Gasteiger partial charge in [0, 0.05) is 57.5 Å². The smallest absolute Gasteiger partial charge is 0.0897 e. The molecule has 4 nitrogen and oxygen atoms in total. The van der Waals surface area contributed by atoms with Gasteiger partial charge in [0.1, 0.15) is 0 Å². The van der Waals surface area contributed by atoms with Crippen LogP contribution in [0.25, 0.3) is 0 Å². The molecule has 2 aliphatic rings. The molecule has 3 rings (SSSR count). The highest BCUT2D eigenvalue weighted by molar-refractivity contribution is 6.76. The molecule has 1 aromatic carbocycles. The fourth-order valence-corrected chi connectivity index (χ4v) is 4.83. The van der Waals surface area contributed by atoms with Gasteiger partial charge in [-0.05, 0) is 37.1 Å². The predicted molar refractivity (Wildman–Crippen MR) is 107 cm³/mol. The second-order valence-corrected chi connectivity index (χ2v) is 14.0. The molecule has 0 bridgehead atoms. The van der Waals surface area contributed by atoms with E-state index in [0.29, 0.717) is 6.04 Å². The lowest BCUT2D eigenvalue weighted by molar-refractivity contribution is 0.222. The van der Waals surface area contributed by atoms with Crippen LogP contribution in [0.5, 0.6) is 0 Å². The molecule has 1 saturated heterocycles.